The number of aryl methyl sites for hydroxylation is 1. The number of thioether (sulfide) groups is 1. The minimum absolute atomic E-state index is 0.717. The molecule has 2 heterocycles. The summed E-state index contributed by atoms with van der Waals surface area (Å²) in [4.78, 5) is 4.34. The van der Waals surface area contributed by atoms with Crippen molar-refractivity contribution in [2.45, 2.75) is 23.6 Å². The highest BCUT2D eigenvalue weighted by atomic mass is 32.2. The van der Waals surface area contributed by atoms with Crippen LogP contribution in [-0.4, -0.2) is 23.3 Å². The molecule has 3 heteroatoms. The van der Waals surface area contributed by atoms with Gasteiger partial charge in [0.15, 0.2) is 0 Å². The van der Waals surface area contributed by atoms with Crippen molar-refractivity contribution in [2.24, 2.45) is 0 Å². The minimum Gasteiger partial charge on any atom is -0.316 e. The summed E-state index contributed by atoms with van der Waals surface area (Å²) in [7, 11) is 0. The molecule has 1 saturated heterocycles. The molecule has 0 aliphatic carbocycles. The van der Waals surface area contributed by atoms with Gasteiger partial charge in [-0.3, -0.25) is 0 Å². The zero-order chi connectivity index (χ0) is 9.10. The molecule has 2 nitrogen and oxygen atoms in total. The molecule has 0 bridgehead atoms. The van der Waals surface area contributed by atoms with Crippen LogP contribution in [0.5, 0.6) is 0 Å². The Kier molecular flexibility index (Phi) is 2.86. The van der Waals surface area contributed by atoms with E-state index in [-0.39, 0.29) is 0 Å². The van der Waals surface area contributed by atoms with E-state index in [0.29, 0.717) is 5.25 Å². The van der Waals surface area contributed by atoms with Gasteiger partial charge in [0.25, 0.3) is 0 Å². The van der Waals surface area contributed by atoms with Crippen molar-refractivity contribution in [1.82, 2.24) is 10.3 Å². The van der Waals surface area contributed by atoms with Crippen molar-refractivity contribution in [3.8, 4) is 0 Å². The molecule has 0 spiro atoms. The summed E-state index contributed by atoms with van der Waals surface area (Å²) in [6.07, 6.45) is 3.15. The van der Waals surface area contributed by atoms with Crippen LogP contribution in [0.25, 0.3) is 0 Å². The number of aromatic nitrogens is 1. The molecular formula is C10H14N2S. The molecule has 0 saturated carbocycles. The maximum atomic E-state index is 4.34. The first-order valence-electron chi connectivity index (χ1n) is 4.64. The summed E-state index contributed by atoms with van der Waals surface area (Å²) >= 11 is 1.89. The monoisotopic (exact) mass is 194 g/mol. The Morgan fingerprint density at radius 2 is 2.54 bits per heavy atom. The molecule has 1 atom stereocenters. The van der Waals surface area contributed by atoms with Crippen molar-refractivity contribution in [2.75, 3.05) is 13.1 Å². The first-order chi connectivity index (χ1) is 6.34. The zero-order valence-electron chi connectivity index (χ0n) is 7.79. The maximum Gasteiger partial charge on any atom is 0.0965 e. The molecule has 0 aromatic carbocycles. The van der Waals surface area contributed by atoms with Crippen LogP contribution < -0.4 is 5.32 Å². The summed E-state index contributed by atoms with van der Waals surface area (Å²) in [5.41, 5.74) is 1.29. The van der Waals surface area contributed by atoms with Gasteiger partial charge in [0.05, 0.1) is 5.03 Å². The lowest BCUT2D eigenvalue weighted by Gasteiger charge is -2.06. The van der Waals surface area contributed by atoms with Crippen LogP contribution in [0.4, 0.5) is 0 Å². The molecule has 1 aromatic rings. The molecule has 0 radical (unpaired) electrons. The van der Waals surface area contributed by atoms with Gasteiger partial charge in [-0.25, -0.2) is 4.98 Å². The third kappa shape index (κ3) is 2.45. The van der Waals surface area contributed by atoms with E-state index in [1.807, 2.05) is 24.0 Å². The number of nitrogens with one attached hydrogen (secondary N) is 1. The van der Waals surface area contributed by atoms with E-state index in [1.54, 1.807) is 0 Å². The number of rotatable bonds is 2. The average molecular weight is 194 g/mol. The van der Waals surface area contributed by atoms with E-state index < -0.39 is 0 Å². The predicted octanol–water partition coefficient (Wildman–Crippen LogP) is 1.84. The topological polar surface area (TPSA) is 24.9 Å². The van der Waals surface area contributed by atoms with Crippen molar-refractivity contribution in [1.29, 1.82) is 0 Å². The second-order valence-electron chi connectivity index (χ2n) is 3.40. The minimum atomic E-state index is 0.717. The third-order valence-electron chi connectivity index (χ3n) is 2.19. The highest BCUT2D eigenvalue weighted by molar-refractivity contribution is 7.99. The average Bonchev–Trinajstić information content (AvgIpc) is 2.57. The fourth-order valence-electron chi connectivity index (χ4n) is 1.47. The Labute approximate surface area is 83.1 Å². The Hall–Kier alpha value is -0.540. The summed E-state index contributed by atoms with van der Waals surface area (Å²) in [6, 6.07) is 4.19. The molecule has 1 aliphatic heterocycles. The number of hydrogen-bond donors (Lipinski definition) is 1. The van der Waals surface area contributed by atoms with E-state index >= 15 is 0 Å². The molecule has 0 amide bonds. The van der Waals surface area contributed by atoms with Crippen molar-refractivity contribution in [3.05, 3.63) is 23.9 Å². The number of hydrogen-bond acceptors (Lipinski definition) is 3. The van der Waals surface area contributed by atoms with E-state index in [9.17, 15) is 0 Å². The highest BCUT2D eigenvalue weighted by Crippen LogP contribution is 2.25. The van der Waals surface area contributed by atoms with Crippen molar-refractivity contribution < 1.29 is 0 Å². The SMILES string of the molecule is Cc1ccnc(S[C@H]2CCNC2)c1. The molecule has 0 unspecified atom stereocenters. The molecule has 1 fully saturated rings. The van der Waals surface area contributed by atoms with Gasteiger partial charge in [-0.2, -0.15) is 0 Å². The molecule has 1 aliphatic rings. The van der Waals surface area contributed by atoms with Gasteiger partial charge >= 0.3 is 0 Å². The maximum absolute atomic E-state index is 4.34. The summed E-state index contributed by atoms with van der Waals surface area (Å²) < 4.78 is 0. The van der Waals surface area contributed by atoms with Gasteiger partial charge in [0, 0.05) is 18.0 Å². The Morgan fingerprint density at radius 1 is 1.62 bits per heavy atom. The van der Waals surface area contributed by atoms with Crippen LogP contribution >= 0.6 is 11.8 Å². The van der Waals surface area contributed by atoms with Gasteiger partial charge in [-0.05, 0) is 37.6 Å². The van der Waals surface area contributed by atoms with Crippen LogP contribution in [0, 0.1) is 6.92 Å². The lowest BCUT2D eigenvalue weighted by atomic mass is 10.3. The van der Waals surface area contributed by atoms with Crippen molar-refractivity contribution >= 4 is 11.8 Å². The smallest absolute Gasteiger partial charge is 0.0965 e. The fourth-order valence-corrected chi connectivity index (χ4v) is 2.63. The highest BCUT2D eigenvalue weighted by Gasteiger charge is 2.15. The molecule has 1 aromatic heterocycles. The predicted molar refractivity (Wildman–Crippen MR) is 56.1 cm³/mol. The van der Waals surface area contributed by atoms with Gasteiger partial charge in [-0.1, -0.05) is 0 Å². The molecular weight excluding hydrogens is 180 g/mol. The van der Waals surface area contributed by atoms with Gasteiger partial charge < -0.3 is 5.32 Å². The van der Waals surface area contributed by atoms with Gasteiger partial charge in [0.1, 0.15) is 0 Å². The van der Waals surface area contributed by atoms with Crippen LogP contribution in [0.1, 0.15) is 12.0 Å². The van der Waals surface area contributed by atoms with Crippen LogP contribution in [0.3, 0.4) is 0 Å². The summed E-state index contributed by atoms with van der Waals surface area (Å²) in [6.45, 7) is 4.39. The first kappa shape index (κ1) is 9.03. The Morgan fingerprint density at radius 3 is 3.23 bits per heavy atom. The van der Waals surface area contributed by atoms with Gasteiger partial charge in [0.2, 0.25) is 0 Å². The number of nitrogens with zero attached hydrogens (tertiary/aromatic N) is 1. The lowest BCUT2D eigenvalue weighted by molar-refractivity contribution is 0.858. The van der Waals surface area contributed by atoms with Crippen LogP contribution in [-0.2, 0) is 0 Å². The lowest BCUT2D eigenvalue weighted by Crippen LogP contribution is -2.10. The normalized spacial score (nSPS) is 22.1. The summed E-state index contributed by atoms with van der Waals surface area (Å²) in [5, 5.41) is 5.24. The first-order valence-corrected chi connectivity index (χ1v) is 5.52. The quantitative estimate of drug-likeness (QED) is 0.777. The summed E-state index contributed by atoms with van der Waals surface area (Å²) in [5.74, 6) is 0. The second-order valence-corrected chi connectivity index (χ2v) is 4.72. The van der Waals surface area contributed by atoms with E-state index in [0.717, 1.165) is 18.1 Å². The fraction of sp³-hybridized carbons (Fsp3) is 0.500. The molecule has 13 heavy (non-hydrogen) atoms. The van der Waals surface area contributed by atoms with Crippen molar-refractivity contribution in [3.63, 3.8) is 0 Å². The van der Waals surface area contributed by atoms with Crippen LogP contribution in [0.15, 0.2) is 23.4 Å². The second kappa shape index (κ2) is 4.11. The molecule has 2 rings (SSSR count). The van der Waals surface area contributed by atoms with E-state index in [2.05, 4.69) is 23.3 Å². The Balaban J connectivity index is 2.00. The Bertz CT molecular complexity index is 282. The van der Waals surface area contributed by atoms with Gasteiger partial charge in [-0.15, -0.1) is 11.8 Å². The number of pyridine rings is 1. The largest absolute Gasteiger partial charge is 0.316 e. The standard InChI is InChI=1S/C10H14N2S/c1-8-2-5-12-10(6-8)13-9-3-4-11-7-9/h2,5-6,9,11H,3-4,7H2,1H3/t9-/m0/s1. The van der Waals surface area contributed by atoms with E-state index in [4.69, 9.17) is 0 Å². The van der Waals surface area contributed by atoms with Crippen LogP contribution in [0.2, 0.25) is 0 Å². The molecule has 70 valence electrons. The van der Waals surface area contributed by atoms with E-state index in [1.165, 1.54) is 12.0 Å². The third-order valence-corrected chi connectivity index (χ3v) is 3.39. The zero-order valence-corrected chi connectivity index (χ0v) is 8.60. The molecule has 1 N–H and O–H groups in total.